The van der Waals surface area contributed by atoms with Gasteiger partial charge in [-0.05, 0) is 54.2 Å². The van der Waals surface area contributed by atoms with Gasteiger partial charge in [0.2, 0.25) is 16.0 Å². The smallest absolute Gasteiger partial charge is 0.416 e. The third kappa shape index (κ3) is 8.69. The molecule has 3 aromatic rings. The molecule has 1 aliphatic rings. The van der Waals surface area contributed by atoms with Crippen molar-refractivity contribution in [2.75, 3.05) is 29.9 Å². The van der Waals surface area contributed by atoms with Crippen molar-refractivity contribution in [1.29, 1.82) is 0 Å². The Kier molecular flexibility index (Phi) is 10.0. The maximum absolute atomic E-state index is 13.8. The van der Waals surface area contributed by atoms with Gasteiger partial charge in [0.25, 0.3) is 5.91 Å². The summed E-state index contributed by atoms with van der Waals surface area (Å²) >= 11 is 0. The summed E-state index contributed by atoms with van der Waals surface area (Å²) in [6.45, 7) is 5.49. The second kappa shape index (κ2) is 13.4. The lowest BCUT2D eigenvalue weighted by Gasteiger charge is -2.34. The Hall–Kier alpha value is -4.24. The van der Waals surface area contributed by atoms with Crippen LogP contribution in [-0.4, -0.2) is 67.1 Å². The van der Waals surface area contributed by atoms with Gasteiger partial charge in [0.05, 0.1) is 10.5 Å². The summed E-state index contributed by atoms with van der Waals surface area (Å²) in [7, 11) is -4.35. The van der Waals surface area contributed by atoms with E-state index in [4.69, 9.17) is 0 Å². The highest BCUT2D eigenvalue weighted by atomic mass is 32.2. The van der Waals surface area contributed by atoms with Crippen LogP contribution >= 0.6 is 0 Å². The van der Waals surface area contributed by atoms with Crippen molar-refractivity contribution in [2.45, 2.75) is 62.2 Å². The SMILES string of the molecule is CC(C)(C)c1ccccc1S(=O)(=O)N[C@@H](CNC(=O)c1cc(N2CCC(Nc3ncccn3)CC2)cc(C(F)(F)F)c1)C(=O)O. The zero-order valence-electron chi connectivity index (χ0n) is 24.9. The van der Waals surface area contributed by atoms with E-state index in [0.717, 1.165) is 6.07 Å². The van der Waals surface area contributed by atoms with Gasteiger partial charge in [-0.25, -0.2) is 18.4 Å². The first kappa shape index (κ1) is 33.6. The Morgan fingerprint density at radius 3 is 2.27 bits per heavy atom. The lowest BCUT2D eigenvalue weighted by Crippen LogP contribution is -2.48. The molecule has 15 heteroatoms. The number of halogens is 3. The Labute approximate surface area is 259 Å². The van der Waals surface area contributed by atoms with Gasteiger partial charge in [-0.2, -0.15) is 17.9 Å². The number of hydrogen-bond donors (Lipinski definition) is 4. The minimum atomic E-state index is -4.75. The minimum Gasteiger partial charge on any atom is -0.480 e. The number of nitrogens with one attached hydrogen (secondary N) is 3. The number of aliphatic carboxylic acids is 1. The van der Waals surface area contributed by atoms with Crippen molar-refractivity contribution in [1.82, 2.24) is 20.0 Å². The van der Waals surface area contributed by atoms with E-state index < -0.39 is 51.6 Å². The molecule has 1 aromatic heterocycles. The Bertz CT molecular complexity index is 1620. The summed E-state index contributed by atoms with van der Waals surface area (Å²) in [6, 6.07) is 8.97. The quantitative estimate of drug-likeness (QED) is 0.255. The van der Waals surface area contributed by atoms with Crippen LogP contribution in [0.25, 0.3) is 0 Å². The zero-order valence-corrected chi connectivity index (χ0v) is 25.7. The number of rotatable bonds is 10. The van der Waals surface area contributed by atoms with Crippen LogP contribution < -0.4 is 20.3 Å². The van der Waals surface area contributed by atoms with Gasteiger partial charge in [0.15, 0.2) is 0 Å². The average Bonchev–Trinajstić information content (AvgIpc) is 2.98. The summed E-state index contributed by atoms with van der Waals surface area (Å²) in [6.07, 6.45) is -0.405. The second-order valence-electron chi connectivity index (χ2n) is 11.7. The lowest BCUT2D eigenvalue weighted by molar-refractivity contribution is -0.139. The molecule has 0 bridgehead atoms. The highest BCUT2D eigenvalue weighted by Crippen LogP contribution is 2.34. The van der Waals surface area contributed by atoms with Crippen LogP contribution in [-0.2, 0) is 26.4 Å². The molecule has 2 heterocycles. The fraction of sp³-hybridized carbons (Fsp3) is 0.400. The van der Waals surface area contributed by atoms with E-state index in [1.165, 1.54) is 18.2 Å². The average molecular weight is 649 g/mol. The molecule has 0 spiro atoms. The van der Waals surface area contributed by atoms with Gasteiger partial charge in [0.1, 0.15) is 6.04 Å². The molecule has 1 fully saturated rings. The predicted octanol–water partition coefficient (Wildman–Crippen LogP) is 4.04. The summed E-state index contributed by atoms with van der Waals surface area (Å²) < 4.78 is 70.0. The van der Waals surface area contributed by atoms with Gasteiger partial charge >= 0.3 is 12.1 Å². The number of nitrogens with zero attached hydrogens (tertiary/aromatic N) is 3. The molecule has 45 heavy (non-hydrogen) atoms. The zero-order chi connectivity index (χ0) is 33.0. The van der Waals surface area contributed by atoms with Gasteiger partial charge < -0.3 is 20.6 Å². The van der Waals surface area contributed by atoms with Gasteiger partial charge in [-0.1, -0.05) is 39.0 Å². The van der Waals surface area contributed by atoms with Crippen LogP contribution in [0.4, 0.5) is 24.8 Å². The highest BCUT2D eigenvalue weighted by molar-refractivity contribution is 7.89. The lowest BCUT2D eigenvalue weighted by atomic mass is 9.87. The molecule has 1 aliphatic heterocycles. The molecule has 0 aliphatic carbocycles. The second-order valence-corrected chi connectivity index (χ2v) is 13.4. The minimum absolute atomic E-state index is 0.00399. The van der Waals surface area contributed by atoms with Gasteiger partial charge in [-0.15, -0.1) is 0 Å². The number of aromatic nitrogens is 2. The number of anilines is 2. The molecule has 1 atom stereocenters. The van der Waals surface area contributed by atoms with Crippen LogP contribution in [0.15, 0.2) is 65.8 Å². The monoisotopic (exact) mass is 648 g/mol. The molecule has 0 saturated carbocycles. The van der Waals surface area contributed by atoms with Gasteiger partial charge in [0, 0.05) is 49.3 Å². The van der Waals surface area contributed by atoms with Crippen LogP contribution in [0, 0.1) is 0 Å². The molecule has 242 valence electrons. The predicted molar refractivity (Wildman–Crippen MR) is 162 cm³/mol. The number of benzene rings is 2. The Balaban J connectivity index is 1.48. The number of alkyl halides is 3. The maximum atomic E-state index is 13.8. The van der Waals surface area contributed by atoms with Crippen molar-refractivity contribution < 1.29 is 36.3 Å². The molecule has 0 radical (unpaired) electrons. The molecule has 11 nitrogen and oxygen atoms in total. The third-order valence-electron chi connectivity index (χ3n) is 7.31. The summed E-state index contributed by atoms with van der Waals surface area (Å²) in [5.41, 5.74) is -1.34. The van der Waals surface area contributed by atoms with E-state index in [2.05, 4.69) is 25.3 Å². The van der Waals surface area contributed by atoms with Crippen molar-refractivity contribution >= 4 is 33.5 Å². The number of amides is 1. The van der Waals surface area contributed by atoms with Crippen molar-refractivity contribution in [2.24, 2.45) is 0 Å². The number of carbonyl (C=O) groups excluding carboxylic acids is 1. The normalized spacial score (nSPS) is 15.4. The molecule has 4 N–H and O–H groups in total. The largest absolute Gasteiger partial charge is 0.480 e. The number of carboxylic acids is 1. The topological polar surface area (TPSA) is 154 Å². The van der Waals surface area contributed by atoms with Gasteiger partial charge in [-0.3, -0.25) is 9.59 Å². The maximum Gasteiger partial charge on any atom is 0.416 e. The molecule has 1 amide bonds. The number of carboxylic acid groups (broad SMARTS) is 1. The summed E-state index contributed by atoms with van der Waals surface area (Å²) in [5, 5.41) is 15.2. The number of piperidine rings is 1. The standard InChI is InChI=1S/C30H35F3N6O5S/c1-29(2,3)23-7-4-5-8-25(23)45(43,44)38-24(27(41)42)18-36-26(40)19-15-20(30(31,32)33)17-22(16-19)39-13-9-21(10-14-39)37-28-34-11-6-12-35-28/h4-8,11-12,15-17,21,24,38H,9-10,13-14,18H2,1-3H3,(H,36,40)(H,41,42)(H,34,35,37)/t24-/m0/s1. The van der Waals surface area contributed by atoms with Crippen molar-refractivity contribution in [3.8, 4) is 0 Å². The molecular weight excluding hydrogens is 613 g/mol. The van der Waals surface area contributed by atoms with E-state index in [-0.39, 0.29) is 22.2 Å². The van der Waals surface area contributed by atoms with E-state index in [9.17, 15) is 36.3 Å². The fourth-order valence-corrected chi connectivity index (χ4v) is 6.58. The number of carbonyl (C=O) groups is 2. The molecule has 1 saturated heterocycles. The van der Waals surface area contributed by atoms with E-state index in [0.29, 0.717) is 43.5 Å². The van der Waals surface area contributed by atoms with Crippen LogP contribution in [0.5, 0.6) is 0 Å². The van der Waals surface area contributed by atoms with Crippen molar-refractivity contribution in [3.05, 3.63) is 77.6 Å². The van der Waals surface area contributed by atoms with Crippen molar-refractivity contribution in [3.63, 3.8) is 0 Å². The third-order valence-corrected chi connectivity index (χ3v) is 8.84. The summed E-state index contributed by atoms with van der Waals surface area (Å²) in [4.78, 5) is 34.9. The Morgan fingerprint density at radius 1 is 1.02 bits per heavy atom. The van der Waals surface area contributed by atoms with E-state index in [1.807, 2.05) is 0 Å². The molecule has 4 rings (SSSR count). The highest BCUT2D eigenvalue weighted by Gasteiger charge is 2.34. The van der Waals surface area contributed by atoms with E-state index >= 15 is 0 Å². The molecule has 2 aromatic carbocycles. The first-order valence-corrected chi connectivity index (χ1v) is 15.7. The van der Waals surface area contributed by atoms with Crippen LogP contribution in [0.3, 0.4) is 0 Å². The number of hydrogen-bond acceptors (Lipinski definition) is 8. The molecular formula is C30H35F3N6O5S. The summed E-state index contributed by atoms with van der Waals surface area (Å²) in [5.74, 6) is -2.11. The number of sulfonamides is 1. The van der Waals surface area contributed by atoms with Crippen LogP contribution in [0.1, 0.15) is 55.1 Å². The van der Waals surface area contributed by atoms with E-state index in [1.54, 1.807) is 56.3 Å². The first-order valence-electron chi connectivity index (χ1n) is 14.2. The first-order chi connectivity index (χ1) is 21.0. The Morgan fingerprint density at radius 2 is 1.67 bits per heavy atom. The molecule has 0 unspecified atom stereocenters. The van der Waals surface area contributed by atoms with Crippen LogP contribution in [0.2, 0.25) is 0 Å². The fourth-order valence-electron chi connectivity index (χ4n) is 4.97.